The van der Waals surface area contributed by atoms with Crippen LogP contribution in [-0.4, -0.2) is 40.3 Å². The lowest BCUT2D eigenvalue weighted by molar-refractivity contribution is -0.274. The van der Waals surface area contributed by atoms with Crippen LogP contribution >= 0.6 is 0 Å². The lowest BCUT2D eigenvalue weighted by Crippen LogP contribution is -2.36. The fourth-order valence-corrected chi connectivity index (χ4v) is 3.65. The number of hydrogen-bond donors (Lipinski definition) is 4. The summed E-state index contributed by atoms with van der Waals surface area (Å²) in [5.41, 5.74) is -0.347. The molecule has 0 aliphatic carbocycles. The van der Waals surface area contributed by atoms with Crippen molar-refractivity contribution in [3.8, 4) is 28.4 Å². The highest BCUT2D eigenvalue weighted by atomic mass is 19.4. The average molecular weight is 535 g/mol. The average Bonchev–Trinajstić information content (AvgIpc) is 2.84. The monoisotopic (exact) mass is 535 g/mol. The van der Waals surface area contributed by atoms with Gasteiger partial charge < -0.3 is 34.9 Å². The highest BCUT2D eigenvalue weighted by Gasteiger charge is 2.33. The van der Waals surface area contributed by atoms with E-state index in [4.69, 9.17) is 4.74 Å². The van der Waals surface area contributed by atoms with Gasteiger partial charge in [-0.3, -0.25) is 9.59 Å². The normalized spacial score (nSPS) is 11.9. The predicted octanol–water partition coefficient (Wildman–Crippen LogP) is 4.31. The summed E-state index contributed by atoms with van der Waals surface area (Å²) in [5, 5.41) is 24.1. The Balaban J connectivity index is 2.01. The van der Waals surface area contributed by atoms with E-state index in [0.717, 1.165) is 6.07 Å². The number of carbonyl (C=O) groups is 2. The van der Waals surface area contributed by atoms with Gasteiger partial charge in [-0.25, -0.2) is 4.79 Å². The number of rotatable bonds is 8. The molecule has 0 saturated carbocycles. The second-order valence-electron chi connectivity index (χ2n) is 8.19. The number of urea groups is 1. The number of pyridine rings is 1. The number of nitrogens with one attached hydrogen (secondary N) is 2. The molecule has 0 spiro atoms. The van der Waals surface area contributed by atoms with Crippen molar-refractivity contribution in [1.82, 2.24) is 9.88 Å². The fraction of sp³-hybridized carbons (Fsp3) is 0.240. The summed E-state index contributed by atoms with van der Waals surface area (Å²) in [7, 11) is 2.81. The second-order valence-corrected chi connectivity index (χ2v) is 8.19. The van der Waals surface area contributed by atoms with Gasteiger partial charge in [0.25, 0.3) is 5.56 Å². The van der Waals surface area contributed by atoms with E-state index in [0.29, 0.717) is 11.4 Å². The minimum atomic E-state index is -5.00. The van der Waals surface area contributed by atoms with E-state index >= 15 is 0 Å². The number of aromatic nitrogens is 1. The Hall–Kier alpha value is -4.68. The zero-order valence-electron chi connectivity index (χ0n) is 20.4. The molecule has 3 aromatic rings. The molecule has 38 heavy (non-hydrogen) atoms. The standard InChI is InChI=1S/C25H24F3N3O7/c1-13-9-19(32)22(23(35)31(13)2)30-24(36)29-18(12-21(33)34)15-7-8-20(38-25(26,27)28)17(11-15)14-5-4-6-16(10-14)37-3/h4-11,18,32H,12H2,1-3H3,(H,33,34)(H2,29,30,36). The number of alkyl halides is 3. The van der Waals surface area contributed by atoms with Crippen molar-refractivity contribution in [1.29, 1.82) is 0 Å². The van der Waals surface area contributed by atoms with Crippen LogP contribution < -0.4 is 25.7 Å². The second kappa shape index (κ2) is 11.2. The first-order valence-corrected chi connectivity index (χ1v) is 11.0. The Bertz CT molecular complexity index is 1420. The summed E-state index contributed by atoms with van der Waals surface area (Å²) in [5.74, 6) is -2.02. The molecular weight excluding hydrogens is 511 g/mol. The molecule has 1 atom stereocenters. The molecular formula is C25H24F3N3O7. The molecule has 1 unspecified atom stereocenters. The summed E-state index contributed by atoms with van der Waals surface area (Å²) in [6.07, 6.45) is -5.65. The number of halogens is 3. The van der Waals surface area contributed by atoms with Gasteiger partial charge in [-0.2, -0.15) is 0 Å². The number of anilines is 1. The Morgan fingerprint density at radius 3 is 2.47 bits per heavy atom. The molecule has 0 bridgehead atoms. The number of carbonyl (C=O) groups excluding carboxylic acids is 1. The molecule has 0 fully saturated rings. The highest BCUT2D eigenvalue weighted by molar-refractivity contribution is 5.91. The Kier molecular flexibility index (Phi) is 8.19. The van der Waals surface area contributed by atoms with Crippen LogP contribution in [0, 0.1) is 6.92 Å². The number of aryl methyl sites for hydroxylation is 1. The van der Waals surface area contributed by atoms with Crippen molar-refractivity contribution in [2.45, 2.75) is 25.7 Å². The van der Waals surface area contributed by atoms with Crippen LogP contribution in [0.15, 0.2) is 53.3 Å². The fourth-order valence-electron chi connectivity index (χ4n) is 3.65. The summed E-state index contributed by atoms with van der Waals surface area (Å²) < 4.78 is 49.7. The maximum Gasteiger partial charge on any atom is 0.573 e. The van der Waals surface area contributed by atoms with E-state index in [9.17, 15) is 37.8 Å². The number of aliphatic carboxylic acids is 1. The number of carboxylic acid groups (broad SMARTS) is 1. The van der Waals surface area contributed by atoms with Gasteiger partial charge >= 0.3 is 18.4 Å². The zero-order valence-corrected chi connectivity index (χ0v) is 20.4. The summed E-state index contributed by atoms with van der Waals surface area (Å²) in [6, 6.07) is 8.54. The first-order valence-electron chi connectivity index (χ1n) is 11.0. The van der Waals surface area contributed by atoms with Crippen LogP contribution in [0.4, 0.5) is 23.7 Å². The van der Waals surface area contributed by atoms with Gasteiger partial charge in [0.15, 0.2) is 5.69 Å². The van der Waals surface area contributed by atoms with Crippen molar-refractivity contribution in [2.75, 3.05) is 12.4 Å². The lowest BCUT2D eigenvalue weighted by Gasteiger charge is -2.21. The van der Waals surface area contributed by atoms with Gasteiger partial charge in [0.1, 0.15) is 17.2 Å². The molecule has 2 aromatic carbocycles. The number of nitrogens with zero attached hydrogens (tertiary/aromatic N) is 1. The summed E-state index contributed by atoms with van der Waals surface area (Å²) in [6.45, 7) is 1.57. The Labute approximate surface area is 214 Å². The first kappa shape index (κ1) is 27.9. The number of benzene rings is 2. The van der Waals surface area contributed by atoms with Crippen LogP contribution in [0.25, 0.3) is 11.1 Å². The molecule has 0 aliphatic heterocycles. The first-order chi connectivity index (χ1) is 17.8. The molecule has 3 rings (SSSR count). The van der Waals surface area contributed by atoms with E-state index in [1.165, 1.54) is 49.1 Å². The third kappa shape index (κ3) is 6.75. The minimum absolute atomic E-state index is 0.0404. The topological polar surface area (TPSA) is 139 Å². The van der Waals surface area contributed by atoms with Gasteiger partial charge in [0, 0.05) is 24.4 Å². The molecule has 1 heterocycles. The van der Waals surface area contributed by atoms with Crippen LogP contribution in [0.5, 0.6) is 17.2 Å². The van der Waals surface area contributed by atoms with E-state index in [2.05, 4.69) is 15.4 Å². The molecule has 4 N–H and O–H groups in total. The quantitative estimate of drug-likeness (QED) is 0.337. The lowest BCUT2D eigenvalue weighted by atomic mass is 9.96. The van der Waals surface area contributed by atoms with Crippen molar-refractivity contribution in [3.63, 3.8) is 0 Å². The molecule has 0 radical (unpaired) electrons. The largest absolute Gasteiger partial charge is 0.573 e. The van der Waals surface area contributed by atoms with Crippen molar-refractivity contribution < 1.29 is 42.4 Å². The van der Waals surface area contributed by atoms with Crippen LogP contribution in [0.2, 0.25) is 0 Å². The van der Waals surface area contributed by atoms with Gasteiger partial charge in [-0.15, -0.1) is 13.2 Å². The number of hydrogen-bond acceptors (Lipinski definition) is 6. The van der Waals surface area contributed by atoms with E-state index in [1.54, 1.807) is 19.1 Å². The number of methoxy groups -OCH3 is 1. The number of aromatic hydroxyl groups is 1. The van der Waals surface area contributed by atoms with E-state index in [-0.39, 0.29) is 16.7 Å². The molecule has 2 amide bonds. The van der Waals surface area contributed by atoms with Gasteiger partial charge in [0.2, 0.25) is 0 Å². The number of amides is 2. The van der Waals surface area contributed by atoms with Crippen molar-refractivity contribution in [2.24, 2.45) is 7.05 Å². The van der Waals surface area contributed by atoms with E-state index < -0.39 is 53.6 Å². The van der Waals surface area contributed by atoms with Crippen LogP contribution in [0.3, 0.4) is 0 Å². The van der Waals surface area contributed by atoms with Crippen LogP contribution in [-0.2, 0) is 11.8 Å². The van der Waals surface area contributed by atoms with Crippen molar-refractivity contribution >= 4 is 17.7 Å². The Morgan fingerprint density at radius 2 is 1.84 bits per heavy atom. The molecule has 0 aliphatic rings. The predicted molar refractivity (Wildman–Crippen MR) is 130 cm³/mol. The third-order valence-corrected chi connectivity index (χ3v) is 5.58. The maximum atomic E-state index is 13.1. The Morgan fingerprint density at radius 1 is 1.13 bits per heavy atom. The van der Waals surface area contributed by atoms with E-state index in [1.807, 2.05) is 0 Å². The SMILES string of the molecule is COc1cccc(-c2cc(C(CC(=O)O)NC(=O)Nc3c(O)cc(C)n(C)c3=O)ccc2OC(F)(F)F)c1. The van der Waals surface area contributed by atoms with Crippen LogP contribution in [0.1, 0.15) is 23.7 Å². The van der Waals surface area contributed by atoms with Gasteiger partial charge in [0.05, 0.1) is 19.6 Å². The number of carboxylic acids is 1. The molecule has 1 aromatic heterocycles. The summed E-state index contributed by atoms with van der Waals surface area (Å²) >= 11 is 0. The van der Waals surface area contributed by atoms with Crippen molar-refractivity contribution in [3.05, 3.63) is 70.1 Å². The third-order valence-electron chi connectivity index (χ3n) is 5.58. The smallest absolute Gasteiger partial charge is 0.505 e. The summed E-state index contributed by atoms with van der Waals surface area (Å²) in [4.78, 5) is 36.7. The molecule has 13 heteroatoms. The highest BCUT2D eigenvalue weighted by Crippen LogP contribution is 2.37. The molecule has 202 valence electrons. The van der Waals surface area contributed by atoms with Gasteiger partial charge in [-0.1, -0.05) is 18.2 Å². The molecule has 10 nitrogen and oxygen atoms in total. The number of ether oxygens (including phenoxy) is 2. The van der Waals surface area contributed by atoms with Gasteiger partial charge in [-0.05, 0) is 42.3 Å². The zero-order chi connectivity index (χ0) is 28.2. The maximum absolute atomic E-state index is 13.1. The minimum Gasteiger partial charge on any atom is -0.505 e. The molecule has 0 saturated heterocycles.